The lowest BCUT2D eigenvalue weighted by Gasteiger charge is -2.46. The van der Waals surface area contributed by atoms with Crippen LogP contribution in [-0.2, 0) is 18.9 Å². The summed E-state index contributed by atoms with van der Waals surface area (Å²) in [5, 5.41) is 0. The second-order valence-electron chi connectivity index (χ2n) is 6.28. The summed E-state index contributed by atoms with van der Waals surface area (Å²) in [4.78, 5) is 2.29. The summed E-state index contributed by atoms with van der Waals surface area (Å²) >= 11 is 5.94. The summed E-state index contributed by atoms with van der Waals surface area (Å²) in [5.74, 6) is -0.421. The third-order valence-corrected chi connectivity index (χ3v) is 3.94. The molecule has 22 heavy (non-hydrogen) atoms. The van der Waals surface area contributed by atoms with E-state index < -0.39 is 11.6 Å². The van der Waals surface area contributed by atoms with Crippen molar-refractivity contribution in [3.05, 3.63) is 0 Å². The first-order valence-electron chi connectivity index (χ1n) is 8.20. The van der Waals surface area contributed by atoms with Crippen molar-refractivity contribution in [3.63, 3.8) is 0 Å². The van der Waals surface area contributed by atoms with E-state index in [-0.39, 0.29) is 12.1 Å². The summed E-state index contributed by atoms with van der Waals surface area (Å²) in [6, 6.07) is 0.389. The average Bonchev–Trinajstić information content (AvgIpc) is 2.48. The van der Waals surface area contributed by atoms with Gasteiger partial charge in [-0.25, -0.2) is 0 Å². The van der Waals surface area contributed by atoms with E-state index in [1.165, 1.54) is 0 Å². The molecule has 0 N–H and O–H groups in total. The fraction of sp³-hybridized carbons (Fsp3) is 1.00. The van der Waals surface area contributed by atoms with Crippen molar-refractivity contribution >= 4 is 11.6 Å². The molecule has 2 saturated heterocycles. The predicted octanol–water partition coefficient (Wildman–Crippen LogP) is 2.86. The molecule has 0 unspecified atom stereocenters. The van der Waals surface area contributed by atoms with E-state index in [0.717, 1.165) is 6.54 Å². The van der Waals surface area contributed by atoms with E-state index >= 15 is 0 Å². The number of halogens is 1. The Bertz CT molecular complexity index is 277. The molecule has 0 amide bonds. The van der Waals surface area contributed by atoms with Crippen molar-refractivity contribution in [1.29, 1.82) is 0 Å². The SMILES string of the molecule is CC.CC1(C)OCC(N(CCCl)C2COC(C)(C)OC2)CO1. The van der Waals surface area contributed by atoms with E-state index in [0.29, 0.717) is 32.3 Å². The van der Waals surface area contributed by atoms with Gasteiger partial charge in [-0.1, -0.05) is 13.8 Å². The molecule has 2 fully saturated rings. The normalized spacial score (nSPS) is 25.6. The highest BCUT2D eigenvalue weighted by Crippen LogP contribution is 2.25. The van der Waals surface area contributed by atoms with Crippen molar-refractivity contribution in [2.45, 2.75) is 65.2 Å². The number of ether oxygens (including phenoxy) is 4. The molecular weight excluding hydrogens is 306 g/mol. The number of nitrogens with zero attached hydrogens (tertiary/aromatic N) is 1. The van der Waals surface area contributed by atoms with Crippen LogP contribution in [0.5, 0.6) is 0 Å². The molecule has 0 spiro atoms. The zero-order valence-electron chi connectivity index (χ0n) is 14.9. The van der Waals surface area contributed by atoms with E-state index in [2.05, 4.69) is 4.90 Å². The highest BCUT2D eigenvalue weighted by molar-refractivity contribution is 6.18. The van der Waals surface area contributed by atoms with Crippen molar-refractivity contribution in [3.8, 4) is 0 Å². The molecule has 0 aromatic carbocycles. The van der Waals surface area contributed by atoms with Gasteiger partial charge in [-0.05, 0) is 27.7 Å². The molecule has 0 bridgehead atoms. The van der Waals surface area contributed by atoms with Crippen molar-refractivity contribution in [2.75, 3.05) is 38.9 Å². The Labute approximate surface area is 140 Å². The Balaban J connectivity index is 0.00000116. The van der Waals surface area contributed by atoms with Crippen LogP contribution in [0.25, 0.3) is 0 Å². The zero-order chi connectivity index (χ0) is 16.8. The largest absolute Gasteiger partial charge is 0.349 e. The second-order valence-corrected chi connectivity index (χ2v) is 6.66. The lowest BCUT2D eigenvalue weighted by molar-refractivity contribution is -0.287. The third kappa shape index (κ3) is 5.95. The molecule has 2 aliphatic rings. The first-order chi connectivity index (χ1) is 10.3. The van der Waals surface area contributed by atoms with Crippen LogP contribution < -0.4 is 0 Å². The van der Waals surface area contributed by atoms with Crippen LogP contribution in [0, 0.1) is 0 Å². The molecule has 132 valence electrons. The lowest BCUT2D eigenvalue weighted by Crippen LogP contribution is -2.59. The Kier molecular flexibility index (Phi) is 8.06. The highest BCUT2D eigenvalue weighted by Gasteiger charge is 2.37. The highest BCUT2D eigenvalue weighted by atomic mass is 35.5. The van der Waals surface area contributed by atoms with Crippen LogP contribution in [-0.4, -0.2) is 67.4 Å². The summed E-state index contributed by atoms with van der Waals surface area (Å²) < 4.78 is 23.0. The zero-order valence-corrected chi connectivity index (χ0v) is 15.6. The summed E-state index contributed by atoms with van der Waals surface area (Å²) in [6.45, 7) is 15.1. The van der Waals surface area contributed by atoms with Crippen LogP contribution in [0.1, 0.15) is 41.5 Å². The van der Waals surface area contributed by atoms with Gasteiger partial charge in [0.1, 0.15) is 0 Å². The number of alkyl halides is 1. The molecular formula is C16H32ClNO4. The Hall–Kier alpha value is 0.0900. The number of hydrogen-bond acceptors (Lipinski definition) is 5. The van der Waals surface area contributed by atoms with Gasteiger partial charge in [0.25, 0.3) is 0 Å². The quantitative estimate of drug-likeness (QED) is 0.738. The molecule has 2 rings (SSSR count). The molecule has 0 saturated carbocycles. The smallest absolute Gasteiger partial charge is 0.162 e. The van der Waals surface area contributed by atoms with Crippen LogP contribution in [0.15, 0.2) is 0 Å². The Morgan fingerprint density at radius 2 is 1.14 bits per heavy atom. The fourth-order valence-electron chi connectivity index (χ4n) is 2.51. The van der Waals surface area contributed by atoms with Crippen molar-refractivity contribution in [2.24, 2.45) is 0 Å². The van der Waals surface area contributed by atoms with Crippen LogP contribution in [0.2, 0.25) is 0 Å². The molecule has 0 aliphatic carbocycles. The lowest BCUT2D eigenvalue weighted by atomic mass is 10.1. The molecule has 2 aliphatic heterocycles. The molecule has 2 heterocycles. The number of rotatable bonds is 4. The van der Waals surface area contributed by atoms with Crippen LogP contribution in [0.3, 0.4) is 0 Å². The van der Waals surface area contributed by atoms with Gasteiger partial charge in [0.15, 0.2) is 11.6 Å². The molecule has 6 heteroatoms. The van der Waals surface area contributed by atoms with Crippen molar-refractivity contribution in [1.82, 2.24) is 4.90 Å². The molecule has 0 aromatic rings. The second kappa shape index (κ2) is 8.81. The minimum absolute atomic E-state index is 0.195. The van der Waals surface area contributed by atoms with E-state index in [1.807, 2.05) is 41.5 Å². The van der Waals surface area contributed by atoms with Crippen molar-refractivity contribution < 1.29 is 18.9 Å². The maximum absolute atomic E-state index is 5.94. The van der Waals surface area contributed by atoms with E-state index in [4.69, 9.17) is 30.5 Å². The minimum Gasteiger partial charge on any atom is -0.349 e. The summed E-state index contributed by atoms with van der Waals surface area (Å²) in [7, 11) is 0. The van der Waals surface area contributed by atoms with Crippen LogP contribution in [0.4, 0.5) is 0 Å². The van der Waals surface area contributed by atoms with Gasteiger partial charge < -0.3 is 18.9 Å². The monoisotopic (exact) mass is 337 g/mol. The standard InChI is InChI=1S/C14H26ClNO4.C2H6/c1-13(2)17-7-11(8-18-13)16(6-5-15)12-9-19-14(3,4)20-10-12;1-2/h11-12H,5-10H2,1-4H3;1-2H3. The predicted molar refractivity (Wildman–Crippen MR) is 88.3 cm³/mol. The first-order valence-corrected chi connectivity index (χ1v) is 8.74. The van der Waals surface area contributed by atoms with Gasteiger partial charge in [0.05, 0.1) is 38.5 Å². The van der Waals surface area contributed by atoms with Gasteiger partial charge in [-0.3, -0.25) is 4.90 Å². The topological polar surface area (TPSA) is 40.2 Å². The maximum Gasteiger partial charge on any atom is 0.162 e. The summed E-state index contributed by atoms with van der Waals surface area (Å²) in [5.41, 5.74) is 0. The van der Waals surface area contributed by atoms with E-state index in [1.54, 1.807) is 0 Å². The van der Waals surface area contributed by atoms with Gasteiger partial charge in [0, 0.05) is 12.4 Å². The van der Waals surface area contributed by atoms with Gasteiger partial charge in [-0.15, -0.1) is 11.6 Å². The minimum atomic E-state index is -0.495. The molecule has 0 atom stereocenters. The van der Waals surface area contributed by atoms with Gasteiger partial charge in [-0.2, -0.15) is 0 Å². The Morgan fingerprint density at radius 3 is 1.41 bits per heavy atom. The molecule has 0 aromatic heterocycles. The first kappa shape index (κ1) is 20.1. The molecule has 5 nitrogen and oxygen atoms in total. The fourth-order valence-corrected chi connectivity index (χ4v) is 2.71. The third-order valence-electron chi connectivity index (χ3n) is 3.77. The Morgan fingerprint density at radius 1 is 0.818 bits per heavy atom. The van der Waals surface area contributed by atoms with E-state index in [9.17, 15) is 0 Å². The maximum atomic E-state index is 5.94. The summed E-state index contributed by atoms with van der Waals surface area (Å²) in [6.07, 6.45) is 0. The number of hydrogen-bond donors (Lipinski definition) is 0. The van der Waals surface area contributed by atoms with Crippen LogP contribution >= 0.6 is 11.6 Å². The molecule has 0 radical (unpaired) electrons. The van der Waals surface area contributed by atoms with Gasteiger partial charge in [0.2, 0.25) is 0 Å². The van der Waals surface area contributed by atoms with Gasteiger partial charge >= 0.3 is 0 Å². The average molecular weight is 338 g/mol.